The Labute approximate surface area is 102 Å². The van der Waals surface area contributed by atoms with Crippen molar-refractivity contribution < 1.29 is 4.42 Å². The average Bonchev–Trinajstić information content (AvgIpc) is 2.72. The van der Waals surface area contributed by atoms with Crippen molar-refractivity contribution in [3.8, 4) is 0 Å². The summed E-state index contributed by atoms with van der Waals surface area (Å²) in [5, 5.41) is 1.15. The molecule has 0 aliphatic carbocycles. The molecule has 0 atom stereocenters. The van der Waals surface area contributed by atoms with E-state index in [0.29, 0.717) is 0 Å². The molecule has 0 aliphatic heterocycles. The summed E-state index contributed by atoms with van der Waals surface area (Å²) in [7, 11) is 0. The first-order valence-electron chi connectivity index (χ1n) is 5.63. The topological polar surface area (TPSA) is 16.4 Å². The van der Waals surface area contributed by atoms with Gasteiger partial charge >= 0.3 is 0 Å². The Hall–Kier alpha value is -1.09. The highest BCUT2D eigenvalue weighted by atomic mass is 32.1. The molecule has 0 unspecified atom stereocenters. The molecule has 0 N–H and O–H groups in total. The molecule has 0 bridgehead atoms. The van der Waals surface area contributed by atoms with Crippen LogP contribution >= 0.6 is 12.6 Å². The first-order chi connectivity index (χ1) is 7.69. The minimum atomic E-state index is 0.944. The van der Waals surface area contributed by atoms with Crippen LogP contribution in [0.4, 0.5) is 5.69 Å². The van der Waals surface area contributed by atoms with E-state index in [1.54, 1.807) is 6.26 Å². The second-order valence-corrected chi connectivity index (χ2v) is 4.35. The number of benzene rings is 1. The van der Waals surface area contributed by atoms with Crippen LogP contribution in [0.25, 0.3) is 11.0 Å². The van der Waals surface area contributed by atoms with Crippen LogP contribution in [0.1, 0.15) is 19.4 Å². The lowest BCUT2D eigenvalue weighted by Gasteiger charge is -2.23. The summed E-state index contributed by atoms with van der Waals surface area (Å²) >= 11 is 4.61. The van der Waals surface area contributed by atoms with Crippen LogP contribution < -0.4 is 4.90 Å². The summed E-state index contributed by atoms with van der Waals surface area (Å²) in [6.07, 6.45) is 1.74. The molecule has 0 amide bonds. The summed E-state index contributed by atoms with van der Waals surface area (Å²) in [5.74, 6) is 0. The van der Waals surface area contributed by atoms with Crippen molar-refractivity contribution in [2.75, 3.05) is 18.0 Å². The van der Waals surface area contributed by atoms with Gasteiger partial charge in [0.1, 0.15) is 0 Å². The number of fused-ring (bicyclic) bond motifs is 1. The standard InChI is InChI=1S/C13H17NOS/c1-4-14(5-2)11-12-10(6-7-15-12)8-9(3)13(11)16/h6-8,16H,4-5H2,1-3H3. The van der Waals surface area contributed by atoms with Gasteiger partial charge in [-0.05, 0) is 38.5 Å². The van der Waals surface area contributed by atoms with Gasteiger partial charge in [0.15, 0.2) is 5.58 Å². The minimum Gasteiger partial charge on any atom is -0.462 e. The largest absolute Gasteiger partial charge is 0.462 e. The summed E-state index contributed by atoms with van der Waals surface area (Å²) < 4.78 is 5.58. The lowest BCUT2D eigenvalue weighted by Crippen LogP contribution is -2.22. The van der Waals surface area contributed by atoms with Crippen LogP contribution in [0.5, 0.6) is 0 Å². The number of thiol groups is 1. The van der Waals surface area contributed by atoms with Gasteiger partial charge in [-0.2, -0.15) is 0 Å². The van der Waals surface area contributed by atoms with Gasteiger partial charge in [-0.1, -0.05) is 0 Å². The molecule has 0 spiro atoms. The van der Waals surface area contributed by atoms with Crippen LogP contribution in [0.3, 0.4) is 0 Å². The molecule has 1 aromatic heterocycles. The van der Waals surface area contributed by atoms with Crippen molar-refractivity contribution in [3.05, 3.63) is 24.0 Å². The van der Waals surface area contributed by atoms with E-state index >= 15 is 0 Å². The molecule has 0 aliphatic rings. The maximum atomic E-state index is 5.58. The van der Waals surface area contributed by atoms with Crippen LogP contribution in [0.2, 0.25) is 0 Å². The molecule has 0 saturated carbocycles. The van der Waals surface area contributed by atoms with Gasteiger partial charge < -0.3 is 9.32 Å². The smallest absolute Gasteiger partial charge is 0.158 e. The van der Waals surface area contributed by atoms with Crippen molar-refractivity contribution in [1.29, 1.82) is 0 Å². The molecular formula is C13H17NOS. The summed E-state index contributed by atoms with van der Waals surface area (Å²) in [5.41, 5.74) is 3.26. The number of anilines is 1. The van der Waals surface area contributed by atoms with Crippen LogP contribution in [-0.4, -0.2) is 13.1 Å². The Morgan fingerprint density at radius 1 is 1.31 bits per heavy atom. The fourth-order valence-corrected chi connectivity index (χ4v) is 2.36. The van der Waals surface area contributed by atoms with Gasteiger partial charge in [-0.15, -0.1) is 12.6 Å². The summed E-state index contributed by atoms with van der Waals surface area (Å²) in [4.78, 5) is 3.30. The van der Waals surface area contributed by atoms with Gasteiger partial charge in [-0.3, -0.25) is 0 Å². The van der Waals surface area contributed by atoms with E-state index in [2.05, 4.69) is 44.4 Å². The Bertz CT molecular complexity index is 500. The predicted molar refractivity (Wildman–Crippen MR) is 71.8 cm³/mol. The van der Waals surface area contributed by atoms with E-state index in [-0.39, 0.29) is 0 Å². The number of nitrogens with zero attached hydrogens (tertiary/aromatic N) is 1. The number of rotatable bonds is 3. The monoisotopic (exact) mass is 235 g/mol. The highest BCUT2D eigenvalue weighted by Gasteiger charge is 2.15. The maximum Gasteiger partial charge on any atom is 0.158 e. The molecule has 0 radical (unpaired) electrons. The zero-order valence-corrected chi connectivity index (χ0v) is 10.8. The molecule has 2 aromatic rings. The van der Waals surface area contributed by atoms with Gasteiger partial charge in [0.25, 0.3) is 0 Å². The third-order valence-corrected chi connectivity index (χ3v) is 3.52. The zero-order chi connectivity index (χ0) is 11.7. The molecular weight excluding hydrogens is 218 g/mol. The van der Waals surface area contributed by atoms with Crippen molar-refractivity contribution in [2.24, 2.45) is 0 Å². The Morgan fingerprint density at radius 3 is 2.62 bits per heavy atom. The minimum absolute atomic E-state index is 0.944. The van der Waals surface area contributed by atoms with E-state index in [1.807, 2.05) is 6.07 Å². The number of aryl methyl sites for hydroxylation is 1. The fraction of sp³-hybridized carbons (Fsp3) is 0.385. The molecule has 2 rings (SSSR count). The molecule has 86 valence electrons. The SMILES string of the molecule is CCN(CC)c1c(S)c(C)cc2ccoc12. The molecule has 1 heterocycles. The van der Waals surface area contributed by atoms with Crippen LogP contribution in [-0.2, 0) is 0 Å². The number of furan rings is 1. The van der Waals surface area contributed by atoms with Crippen molar-refractivity contribution >= 4 is 29.3 Å². The van der Waals surface area contributed by atoms with Crippen LogP contribution in [0, 0.1) is 6.92 Å². The summed E-state index contributed by atoms with van der Waals surface area (Å²) in [6, 6.07) is 4.12. The fourth-order valence-electron chi connectivity index (χ4n) is 2.05. The molecule has 1 aromatic carbocycles. The Balaban J connectivity index is 2.73. The quantitative estimate of drug-likeness (QED) is 0.813. The van der Waals surface area contributed by atoms with Crippen molar-refractivity contribution in [2.45, 2.75) is 25.7 Å². The lowest BCUT2D eigenvalue weighted by molar-refractivity contribution is 0.612. The van der Waals surface area contributed by atoms with Gasteiger partial charge in [0.2, 0.25) is 0 Å². The van der Waals surface area contributed by atoms with Crippen LogP contribution in [0.15, 0.2) is 27.7 Å². The normalized spacial score (nSPS) is 11.0. The summed E-state index contributed by atoms with van der Waals surface area (Å²) in [6.45, 7) is 8.30. The predicted octanol–water partition coefficient (Wildman–Crippen LogP) is 3.88. The van der Waals surface area contributed by atoms with E-state index in [4.69, 9.17) is 4.42 Å². The molecule has 0 saturated heterocycles. The lowest BCUT2D eigenvalue weighted by atomic mass is 10.1. The third kappa shape index (κ3) is 1.69. The number of hydrogen-bond donors (Lipinski definition) is 1. The van der Waals surface area contributed by atoms with Gasteiger partial charge in [0, 0.05) is 23.4 Å². The zero-order valence-electron chi connectivity index (χ0n) is 9.95. The average molecular weight is 235 g/mol. The molecule has 2 nitrogen and oxygen atoms in total. The first-order valence-corrected chi connectivity index (χ1v) is 6.08. The van der Waals surface area contributed by atoms with E-state index < -0.39 is 0 Å². The molecule has 16 heavy (non-hydrogen) atoms. The van der Waals surface area contributed by atoms with Gasteiger partial charge in [0.05, 0.1) is 12.0 Å². The second kappa shape index (κ2) is 4.42. The van der Waals surface area contributed by atoms with Crippen molar-refractivity contribution in [3.63, 3.8) is 0 Å². The molecule has 0 fully saturated rings. The highest BCUT2D eigenvalue weighted by molar-refractivity contribution is 7.80. The Kier molecular flexibility index (Phi) is 3.15. The number of hydrogen-bond acceptors (Lipinski definition) is 3. The van der Waals surface area contributed by atoms with E-state index in [9.17, 15) is 0 Å². The van der Waals surface area contributed by atoms with E-state index in [0.717, 1.165) is 34.6 Å². The van der Waals surface area contributed by atoms with Gasteiger partial charge in [-0.25, -0.2) is 0 Å². The Morgan fingerprint density at radius 2 is 2.00 bits per heavy atom. The second-order valence-electron chi connectivity index (χ2n) is 3.90. The van der Waals surface area contributed by atoms with E-state index in [1.165, 1.54) is 5.56 Å². The first kappa shape index (κ1) is 11.4. The highest BCUT2D eigenvalue weighted by Crippen LogP contribution is 2.36. The van der Waals surface area contributed by atoms with Crippen molar-refractivity contribution in [1.82, 2.24) is 0 Å². The maximum absolute atomic E-state index is 5.58. The molecule has 3 heteroatoms. The third-order valence-electron chi connectivity index (χ3n) is 2.96.